The van der Waals surface area contributed by atoms with E-state index >= 15 is 0 Å². The number of nitrogens with zero attached hydrogens (tertiary/aromatic N) is 3. The summed E-state index contributed by atoms with van der Waals surface area (Å²) in [6, 6.07) is 6.94. The third kappa shape index (κ3) is 3.37. The number of hydrazone groups is 1. The molecule has 0 amide bonds. The molecule has 0 spiro atoms. The van der Waals surface area contributed by atoms with E-state index in [1.807, 2.05) is 5.01 Å². The van der Waals surface area contributed by atoms with Crippen molar-refractivity contribution in [3.63, 3.8) is 0 Å². The van der Waals surface area contributed by atoms with Crippen molar-refractivity contribution in [3.8, 4) is 11.6 Å². The number of piperidine rings is 1. The van der Waals surface area contributed by atoms with E-state index in [2.05, 4.69) is 10.1 Å². The first-order valence-electron chi connectivity index (χ1n) is 7.70. The Hall–Kier alpha value is -2.12. The van der Waals surface area contributed by atoms with Gasteiger partial charge in [-0.25, -0.2) is 0 Å². The first-order chi connectivity index (χ1) is 11.6. The van der Waals surface area contributed by atoms with Crippen molar-refractivity contribution in [3.05, 3.63) is 50.0 Å². The minimum atomic E-state index is -0.485. The van der Waals surface area contributed by atoms with Crippen LogP contribution in [0.4, 0.5) is 0 Å². The molecule has 1 saturated heterocycles. The summed E-state index contributed by atoms with van der Waals surface area (Å²) in [5.41, 5.74) is 0.0567. The first-order valence-corrected chi connectivity index (χ1v) is 8.48. The second kappa shape index (κ2) is 7.19. The van der Waals surface area contributed by atoms with Crippen molar-refractivity contribution in [2.45, 2.75) is 19.3 Å². The number of aromatic nitrogens is 2. The van der Waals surface area contributed by atoms with Gasteiger partial charge >= 0.3 is 0 Å². The average Bonchev–Trinajstić information content (AvgIpc) is 2.57. The zero-order valence-electron chi connectivity index (χ0n) is 12.9. The fourth-order valence-electron chi connectivity index (χ4n) is 2.64. The van der Waals surface area contributed by atoms with E-state index < -0.39 is 5.56 Å². The predicted molar refractivity (Wildman–Crippen MR) is 96.9 cm³/mol. The Morgan fingerprint density at radius 1 is 1.25 bits per heavy atom. The summed E-state index contributed by atoms with van der Waals surface area (Å²) in [4.78, 5) is 14.7. The van der Waals surface area contributed by atoms with Gasteiger partial charge in [0.05, 0.1) is 16.9 Å². The molecule has 0 aliphatic carbocycles. The summed E-state index contributed by atoms with van der Waals surface area (Å²) in [6.45, 7) is 1.69. The van der Waals surface area contributed by atoms with Gasteiger partial charge in [0.25, 0.3) is 5.56 Å². The molecule has 0 radical (unpaired) electrons. The first kappa shape index (κ1) is 16.7. The Bertz CT molecular complexity index is 884. The van der Waals surface area contributed by atoms with E-state index in [1.54, 1.807) is 24.3 Å². The maximum absolute atomic E-state index is 12.2. The van der Waals surface area contributed by atoms with Crippen LogP contribution in [0.3, 0.4) is 0 Å². The second-order valence-electron chi connectivity index (χ2n) is 5.54. The number of rotatable bonds is 3. The number of benzene rings is 1. The largest absolute Gasteiger partial charge is 0.494 e. The molecule has 0 unspecified atom stereocenters. The molecule has 1 aliphatic heterocycles. The van der Waals surface area contributed by atoms with E-state index in [4.69, 9.17) is 23.8 Å². The lowest BCUT2D eigenvalue weighted by molar-refractivity contribution is 0.240. The minimum absolute atomic E-state index is 0.0501. The lowest BCUT2D eigenvalue weighted by atomic mass is 10.2. The molecule has 8 heteroatoms. The molecule has 3 rings (SSSR count). The zero-order chi connectivity index (χ0) is 17.1. The lowest BCUT2D eigenvalue weighted by Gasteiger charge is -2.23. The molecule has 1 fully saturated rings. The smallest absolute Gasteiger partial charge is 0.264 e. The van der Waals surface area contributed by atoms with Gasteiger partial charge in [-0.2, -0.15) is 5.10 Å². The van der Waals surface area contributed by atoms with Crippen LogP contribution in [0.25, 0.3) is 5.69 Å². The van der Waals surface area contributed by atoms with Gasteiger partial charge in [-0.05, 0) is 43.6 Å². The van der Waals surface area contributed by atoms with Crippen LogP contribution in [0.1, 0.15) is 24.8 Å². The summed E-state index contributed by atoms with van der Waals surface area (Å²) in [6.07, 6.45) is 4.71. The highest BCUT2D eigenvalue weighted by atomic mass is 35.5. The van der Waals surface area contributed by atoms with Crippen LogP contribution in [-0.2, 0) is 0 Å². The maximum atomic E-state index is 12.2. The maximum Gasteiger partial charge on any atom is 0.264 e. The molecule has 2 N–H and O–H groups in total. The van der Waals surface area contributed by atoms with E-state index in [0.29, 0.717) is 10.7 Å². The summed E-state index contributed by atoms with van der Waals surface area (Å²) in [7, 11) is 0. The molecule has 1 aromatic carbocycles. The number of H-pyrrole nitrogens is 1. The number of aromatic amines is 1. The van der Waals surface area contributed by atoms with Crippen LogP contribution >= 0.6 is 23.8 Å². The van der Waals surface area contributed by atoms with Gasteiger partial charge in [0.2, 0.25) is 5.88 Å². The van der Waals surface area contributed by atoms with Crippen LogP contribution in [0.5, 0.6) is 5.88 Å². The van der Waals surface area contributed by atoms with E-state index in [-0.39, 0.29) is 16.2 Å². The molecule has 24 heavy (non-hydrogen) atoms. The number of nitrogens with one attached hydrogen (secondary N) is 1. The molecule has 2 heterocycles. The van der Waals surface area contributed by atoms with E-state index in [1.165, 1.54) is 17.2 Å². The van der Waals surface area contributed by atoms with Crippen LogP contribution in [0.15, 0.2) is 34.2 Å². The van der Waals surface area contributed by atoms with Gasteiger partial charge in [-0.15, -0.1) is 0 Å². The van der Waals surface area contributed by atoms with Crippen LogP contribution in [0, 0.1) is 4.77 Å². The Morgan fingerprint density at radius 3 is 2.67 bits per heavy atom. The molecule has 0 atom stereocenters. The molecule has 0 saturated carbocycles. The van der Waals surface area contributed by atoms with Gasteiger partial charge < -0.3 is 5.11 Å². The zero-order valence-corrected chi connectivity index (χ0v) is 14.5. The van der Waals surface area contributed by atoms with Crippen LogP contribution in [-0.4, -0.2) is 39.0 Å². The van der Waals surface area contributed by atoms with Crippen molar-refractivity contribution in [2.24, 2.45) is 5.10 Å². The van der Waals surface area contributed by atoms with Crippen molar-refractivity contribution < 1.29 is 5.11 Å². The standard InChI is InChI=1S/C16H17ClN4O2S/c17-12-6-2-3-7-13(12)21-15(23)11(14(22)19-16(21)24)10-18-20-8-4-1-5-9-20/h2-3,6-7,10,23H,1,4-5,8-9H2,(H,19,22,24). The molecule has 2 aromatic rings. The quantitative estimate of drug-likeness (QED) is 0.648. The molecule has 6 nitrogen and oxygen atoms in total. The van der Waals surface area contributed by atoms with Gasteiger partial charge in [-0.1, -0.05) is 23.7 Å². The molecule has 1 aliphatic rings. The van der Waals surface area contributed by atoms with Crippen LogP contribution < -0.4 is 5.56 Å². The Morgan fingerprint density at radius 2 is 1.96 bits per heavy atom. The molecule has 126 valence electrons. The normalized spacial score (nSPS) is 15.1. The van der Waals surface area contributed by atoms with Gasteiger partial charge in [0.15, 0.2) is 4.77 Å². The Balaban J connectivity index is 2.06. The Kier molecular flexibility index (Phi) is 5.01. The Labute approximate surface area is 149 Å². The number of halogens is 1. The highest BCUT2D eigenvalue weighted by molar-refractivity contribution is 7.71. The molecular weight excluding hydrogens is 348 g/mol. The molecule has 0 bridgehead atoms. The number of aromatic hydroxyl groups is 1. The summed E-state index contributed by atoms with van der Waals surface area (Å²) in [5.74, 6) is -0.280. The fourth-order valence-corrected chi connectivity index (χ4v) is 3.14. The highest BCUT2D eigenvalue weighted by Crippen LogP contribution is 2.25. The third-order valence-electron chi connectivity index (χ3n) is 3.90. The van der Waals surface area contributed by atoms with E-state index in [9.17, 15) is 9.90 Å². The summed E-state index contributed by atoms with van der Waals surface area (Å²) in [5, 5.41) is 17.2. The van der Waals surface area contributed by atoms with Gasteiger partial charge in [0, 0.05) is 13.1 Å². The third-order valence-corrected chi connectivity index (χ3v) is 4.50. The summed E-state index contributed by atoms with van der Waals surface area (Å²) < 4.78 is 1.40. The number of hydrogen-bond acceptors (Lipinski definition) is 5. The summed E-state index contributed by atoms with van der Waals surface area (Å²) >= 11 is 11.4. The minimum Gasteiger partial charge on any atom is -0.494 e. The average molecular weight is 365 g/mol. The van der Waals surface area contributed by atoms with E-state index in [0.717, 1.165) is 25.9 Å². The predicted octanol–water partition coefficient (Wildman–Crippen LogP) is 3.07. The topological polar surface area (TPSA) is 73.6 Å². The van der Waals surface area contributed by atoms with Crippen LogP contribution in [0.2, 0.25) is 5.02 Å². The van der Waals surface area contributed by atoms with Crippen molar-refractivity contribution in [2.75, 3.05) is 13.1 Å². The van der Waals surface area contributed by atoms with Crippen molar-refractivity contribution in [1.29, 1.82) is 0 Å². The van der Waals surface area contributed by atoms with Crippen molar-refractivity contribution in [1.82, 2.24) is 14.6 Å². The highest BCUT2D eigenvalue weighted by Gasteiger charge is 2.15. The molecule has 1 aromatic heterocycles. The fraction of sp³-hybridized carbons (Fsp3) is 0.312. The number of para-hydroxylation sites is 1. The van der Waals surface area contributed by atoms with Gasteiger partial charge in [-0.3, -0.25) is 19.4 Å². The van der Waals surface area contributed by atoms with Gasteiger partial charge in [0.1, 0.15) is 5.56 Å². The monoisotopic (exact) mass is 364 g/mol. The van der Waals surface area contributed by atoms with Crippen molar-refractivity contribution >= 4 is 30.0 Å². The second-order valence-corrected chi connectivity index (χ2v) is 6.34. The number of hydrogen-bond donors (Lipinski definition) is 2. The molecular formula is C16H17ClN4O2S. The SMILES string of the molecule is O=c1[nH]c(=S)n(-c2ccccc2Cl)c(O)c1C=NN1CCCCC1. The lowest BCUT2D eigenvalue weighted by Crippen LogP contribution is -2.25.